The van der Waals surface area contributed by atoms with Crippen LogP contribution in [0.5, 0.6) is 0 Å². The molecular weight excluding hydrogens is 374 g/mol. The molecule has 3 N–H and O–H groups in total. The van der Waals surface area contributed by atoms with Crippen LogP contribution in [0.2, 0.25) is 5.02 Å². The van der Waals surface area contributed by atoms with Crippen LogP contribution in [-0.2, 0) is 0 Å². The molecule has 0 aliphatic carbocycles. The first-order valence-electron chi connectivity index (χ1n) is 5.94. The average Bonchev–Trinajstić information content (AvgIpc) is 2.81. The van der Waals surface area contributed by atoms with Crippen LogP contribution in [0.25, 0.3) is 10.1 Å². The second-order valence-corrected chi connectivity index (χ2v) is 6.64. The summed E-state index contributed by atoms with van der Waals surface area (Å²) in [6, 6.07) is 6.98. The van der Waals surface area contributed by atoms with E-state index in [0.29, 0.717) is 21.3 Å². The number of nitrogen functional groups attached to an aromatic ring is 1. The van der Waals surface area contributed by atoms with Gasteiger partial charge in [-0.2, -0.15) is 0 Å². The topological polar surface area (TPSA) is 68.0 Å². The highest BCUT2D eigenvalue weighted by Gasteiger charge is 2.17. The Morgan fingerprint density at radius 3 is 2.95 bits per heavy atom. The number of thiophene rings is 1. The number of hydrogen-bond donors (Lipinski definition) is 2. The van der Waals surface area contributed by atoms with Gasteiger partial charge in [0.25, 0.3) is 5.91 Å². The fourth-order valence-electron chi connectivity index (χ4n) is 1.91. The zero-order chi connectivity index (χ0) is 15.0. The number of carbonyl (C=O) groups is 1. The van der Waals surface area contributed by atoms with Crippen LogP contribution < -0.4 is 11.1 Å². The van der Waals surface area contributed by atoms with E-state index >= 15 is 0 Å². The SMILES string of the molecule is Nc1c(C(=O)Nc2cc(Cl)ccc2Br)sc2cnccc12. The van der Waals surface area contributed by atoms with Crippen molar-refractivity contribution < 1.29 is 4.79 Å². The maximum Gasteiger partial charge on any atom is 0.267 e. The van der Waals surface area contributed by atoms with Crippen molar-refractivity contribution in [3.63, 3.8) is 0 Å². The molecular formula is C14H9BrClN3OS. The minimum atomic E-state index is -0.267. The molecule has 3 rings (SSSR count). The van der Waals surface area contributed by atoms with Crippen LogP contribution in [-0.4, -0.2) is 10.9 Å². The molecule has 0 radical (unpaired) electrons. The Kier molecular flexibility index (Phi) is 3.84. The molecule has 0 fully saturated rings. The number of anilines is 2. The quantitative estimate of drug-likeness (QED) is 0.683. The smallest absolute Gasteiger partial charge is 0.267 e. The van der Waals surface area contributed by atoms with Crippen molar-refractivity contribution in [2.24, 2.45) is 0 Å². The predicted molar refractivity (Wildman–Crippen MR) is 91.1 cm³/mol. The summed E-state index contributed by atoms with van der Waals surface area (Å²) in [4.78, 5) is 16.9. The van der Waals surface area contributed by atoms with E-state index < -0.39 is 0 Å². The van der Waals surface area contributed by atoms with Gasteiger partial charge >= 0.3 is 0 Å². The number of nitrogens with one attached hydrogen (secondary N) is 1. The zero-order valence-corrected chi connectivity index (χ0v) is 13.7. The lowest BCUT2D eigenvalue weighted by molar-refractivity contribution is 0.103. The average molecular weight is 383 g/mol. The minimum Gasteiger partial charge on any atom is -0.397 e. The van der Waals surface area contributed by atoms with E-state index in [-0.39, 0.29) is 5.91 Å². The monoisotopic (exact) mass is 381 g/mol. The highest BCUT2D eigenvalue weighted by Crippen LogP contribution is 2.34. The highest BCUT2D eigenvalue weighted by atomic mass is 79.9. The summed E-state index contributed by atoms with van der Waals surface area (Å²) < 4.78 is 1.63. The molecule has 2 heterocycles. The van der Waals surface area contributed by atoms with E-state index in [2.05, 4.69) is 26.2 Å². The van der Waals surface area contributed by atoms with E-state index in [0.717, 1.165) is 14.6 Å². The van der Waals surface area contributed by atoms with Gasteiger partial charge in [-0.25, -0.2) is 0 Å². The molecule has 106 valence electrons. The summed E-state index contributed by atoms with van der Waals surface area (Å²) in [5.74, 6) is -0.267. The summed E-state index contributed by atoms with van der Waals surface area (Å²) in [5, 5.41) is 4.19. The van der Waals surface area contributed by atoms with Crippen molar-refractivity contribution in [2.45, 2.75) is 0 Å². The van der Waals surface area contributed by atoms with Crippen molar-refractivity contribution in [1.29, 1.82) is 0 Å². The van der Waals surface area contributed by atoms with Gasteiger partial charge in [0.2, 0.25) is 0 Å². The molecule has 2 aromatic heterocycles. The third-order valence-electron chi connectivity index (χ3n) is 2.91. The number of amides is 1. The fourth-order valence-corrected chi connectivity index (χ4v) is 3.42. The Bertz CT molecular complexity index is 849. The van der Waals surface area contributed by atoms with Crippen LogP contribution in [0.3, 0.4) is 0 Å². The van der Waals surface area contributed by atoms with Crippen molar-refractivity contribution in [1.82, 2.24) is 4.98 Å². The first-order valence-corrected chi connectivity index (χ1v) is 7.93. The lowest BCUT2D eigenvalue weighted by Crippen LogP contribution is -2.12. The highest BCUT2D eigenvalue weighted by molar-refractivity contribution is 9.10. The summed E-state index contributed by atoms with van der Waals surface area (Å²) >= 11 is 10.6. The summed E-state index contributed by atoms with van der Waals surface area (Å²) in [6.45, 7) is 0. The maximum absolute atomic E-state index is 12.4. The molecule has 0 saturated carbocycles. The number of benzene rings is 1. The molecule has 0 aliphatic rings. The molecule has 0 spiro atoms. The van der Waals surface area contributed by atoms with Gasteiger partial charge in [-0.3, -0.25) is 9.78 Å². The Hall–Kier alpha value is -1.63. The number of halogens is 2. The third kappa shape index (κ3) is 2.74. The van der Waals surface area contributed by atoms with Crippen LogP contribution in [0.4, 0.5) is 11.4 Å². The number of carbonyl (C=O) groups excluding carboxylic acids is 1. The van der Waals surface area contributed by atoms with Gasteiger partial charge in [-0.15, -0.1) is 11.3 Å². The lowest BCUT2D eigenvalue weighted by Gasteiger charge is -2.07. The van der Waals surface area contributed by atoms with Crippen molar-refractivity contribution in [2.75, 3.05) is 11.1 Å². The molecule has 0 aliphatic heterocycles. The number of fused-ring (bicyclic) bond motifs is 1. The molecule has 1 aromatic carbocycles. The lowest BCUT2D eigenvalue weighted by atomic mass is 10.2. The number of aromatic nitrogens is 1. The van der Waals surface area contributed by atoms with E-state index in [1.807, 2.05) is 0 Å². The second-order valence-electron chi connectivity index (χ2n) is 4.29. The molecule has 0 atom stereocenters. The van der Waals surface area contributed by atoms with Crippen LogP contribution in [0, 0.1) is 0 Å². The van der Waals surface area contributed by atoms with Crippen molar-refractivity contribution in [3.8, 4) is 0 Å². The van der Waals surface area contributed by atoms with Gasteiger partial charge in [0, 0.05) is 27.3 Å². The van der Waals surface area contributed by atoms with Gasteiger partial charge in [0.15, 0.2) is 0 Å². The predicted octanol–water partition coefficient (Wildman–Crippen LogP) is 4.55. The number of nitrogens with two attached hydrogens (primary N) is 1. The van der Waals surface area contributed by atoms with Gasteiger partial charge < -0.3 is 11.1 Å². The fraction of sp³-hybridized carbons (Fsp3) is 0. The van der Waals surface area contributed by atoms with E-state index in [4.69, 9.17) is 17.3 Å². The molecule has 1 amide bonds. The van der Waals surface area contributed by atoms with E-state index in [9.17, 15) is 4.79 Å². The minimum absolute atomic E-state index is 0.267. The number of hydrogen-bond acceptors (Lipinski definition) is 4. The van der Waals surface area contributed by atoms with Crippen molar-refractivity contribution in [3.05, 3.63) is 51.0 Å². The van der Waals surface area contributed by atoms with E-state index in [1.54, 1.807) is 36.7 Å². The molecule has 0 saturated heterocycles. The van der Waals surface area contributed by atoms with E-state index in [1.165, 1.54) is 11.3 Å². The Balaban J connectivity index is 1.97. The molecule has 4 nitrogen and oxygen atoms in total. The molecule has 3 aromatic rings. The summed E-state index contributed by atoms with van der Waals surface area (Å²) in [5.41, 5.74) is 7.11. The van der Waals surface area contributed by atoms with Crippen LogP contribution >= 0.6 is 38.9 Å². The Morgan fingerprint density at radius 2 is 2.19 bits per heavy atom. The third-order valence-corrected chi connectivity index (χ3v) is 5.00. The second kappa shape index (κ2) is 5.63. The Labute approximate surface area is 138 Å². The number of nitrogens with zero attached hydrogens (tertiary/aromatic N) is 1. The maximum atomic E-state index is 12.4. The van der Waals surface area contributed by atoms with Crippen molar-refractivity contribution >= 4 is 66.2 Å². The normalized spacial score (nSPS) is 10.8. The molecule has 7 heteroatoms. The molecule has 0 bridgehead atoms. The molecule has 21 heavy (non-hydrogen) atoms. The van der Waals surface area contributed by atoms with Gasteiger partial charge in [-0.1, -0.05) is 11.6 Å². The first-order chi connectivity index (χ1) is 10.1. The zero-order valence-electron chi connectivity index (χ0n) is 10.6. The largest absolute Gasteiger partial charge is 0.397 e. The standard InChI is InChI=1S/C14H9BrClN3OS/c15-9-2-1-7(16)5-10(9)19-14(20)13-12(17)8-3-4-18-6-11(8)21-13/h1-6H,17H2,(H,19,20). The number of pyridine rings is 1. The van der Waals surface area contributed by atoms with Crippen LogP contribution in [0.15, 0.2) is 41.1 Å². The van der Waals surface area contributed by atoms with Gasteiger partial charge in [0.05, 0.1) is 16.1 Å². The summed E-state index contributed by atoms with van der Waals surface area (Å²) in [7, 11) is 0. The Morgan fingerprint density at radius 1 is 1.38 bits per heavy atom. The van der Waals surface area contributed by atoms with Gasteiger partial charge in [0.1, 0.15) is 4.88 Å². The number of rotatable bonds is 2. The first kappa shape index (κ1) is 14.3. The summed E-state index contributed by atoms with van der Waals surface area (Å²) in [6.07, 6.45) is 3.35. The van der Waals surface area contributed by atoms with Gasteiger partial charge in [-0.05, 0) is 40.2 Å². The van der Waals surface area contributed by atoms with Crippen LogP contribution in [0.1, 0.15) is 9.67 Å². The molecule has 0 unspecified atom stereocenters.